The van der Waals surface area contributed by atoms with Crippen LogP contribution in [0.5, 0.6) is 0 Å². The summed E-state index contributed by atoms with van der Waals surface area (Å²) in [5.41, 5.74) is 1.52. The molecule has 0 aromatic heterocycles. The Labute approximate surface area is 124 Å². The van der Waals surface area contributed by atoms with Gasteiger partial charge in [0.15, 0.2) is 0 Å². The summed E-state index contributed by atoms with van der Waals surface area (Å²) in [4.78, 5) is 2.65. The van der Waals surface area contributed by atoms with Gasteiger partial charge in [0.25, 0.3) is 0 Å². The van der Waals surface area contributed by atoms with Crippen molar-refractivity contribution in [3.63, 3.8) is 0 Å². The third kappa shape index (κ3) is 4.60. The van der Waals surface area contributed by atoms with Crippen LogP contribution in [-0.2, 0) is 0 Å². The Morgan fingerprint density at radius 3 is 2.75 bits per heavy atom. The first kappa shape index (κ1) is 15.5. The van der Waals surface area contributed by atoms with Gasteiger partial charge in [-0.15, -0.1) is 0 Å². The van der Waals surface area contributed by atoms with E-state index in [1.54, 1.807) is 0 Å². The third-order valence-corrected chi connectivity index (χ3v) is 4.56. The van der Waals surface area contributed by atoms with Crippen LogP contribution < -0.4 is 5.32 Å². The number of nitrogens with one attached hydrogen (secondary N) is 1. The van der Waals surface area contributed by atoms with Crippen LogP contribution in [0.25, 0.3) is 0 Å². The Kier molecular flexibility index (Phi) is 6.55. The molecule has 1 aromatic carbocycles. The minimum Gasteiger partial charge on any atom is -0.314 e. The zero-order chi connectivity index (χ0) is 14.2. The Morgan fingerprint density at radius 1 is 1.25 bits per heavy atom. The molecule has 1 N–H and O–H groups in total. The van der Waals surface area contributed by atoms with Crippen molar-refractivity contribution < 1.29 is 0 Å². The average Bonchev–Trinajstić information content (AvgIpc) is 2.96. The van der Waals surface area contributed by atoms with E-state index in [1.807, 2.05) is 0 Å². The molecule has 2 unspecified atom stereocenters. The van der Waals surface area contributed by atoms with Crippen LogP contribution in [0, 0.1) is 0 Å². The fourth-order valence-corrected chi connectivity index (χ4v) is 3.33. The van der Waals surface area contributed by atoms with E-state index < -0.39 is 0 Å². The van der Waals surface area contributed by atoms with Crippen molar-refractivity contribution in [1.82, 2.24) is 10.2 Å². The summed E-state index contributed by atoms with van der Waals surface area (Å²) in [6.45, 7) is 9.38. The lowest BCUT2D eigenvalue weighted by atomic mass is 9.99. The Bertz CT molecular complexity index is 363. The van der Waals surface area contributed by atoms with E-state index in [4.69, 9.17) is 0 Å². The van der Waals surface area contributed by atoms with Crippen LogP contribution in [0.4, 0.5) is 0 Å². The lowest BCUT2D eigenvalue weighted by molar-refractivity contribution is 0.314. The largest absolute Gasteiger partial charge is 0.314 e. The maximum Gasteiger partial charge on any atom is 0.00647 e. The van der Waals surface area contributed by atoms with Gasteiger partial charge in [-0.1, -0.05) is 44.2 Å². The highest BCUT2D eigenvalue weighted by atomic mass is 15.1. The van der Waals surface area contributed by atoms with Crippen molar-refractivity contribution in [2.45, 2.75) is 51.5 Å². The third-order valence-electron chi connectivity index (χ3n) is 4.56. The Morgan fingerprint density at radius 2 is 2.05 bits per heavy atom. The van der Waals surface area contributed by atoms with Crippen LogP contribution in [-0.4, -0.2) is 37.1 Å². The predicted molar refractivity (Wildman–Crippen MR) is 87.2 cm³/mol. The highest BCUT2D eigenvalue weighted by Crippen LogP contribution is 2.27. The quantitative estimate of drug-likeness (QED) is 0.778. The first-order valence-corrected chi connectivity index (χ1v) is 8.34. The maximum atomic E-state index is 3.57. The average molecular weight is 274 g/mol. The molecule has 0 spiro atoms. The van der Waals surface area contributed by atoms with Crippen molar-refractivity contribution in [2.75, 3.05) is 26.2 Å². The molecule has 1 aliphatic heterocycles. The van der Waals surface area contributed by atoms with E-state index in [0.717, 1.165) is 12.5 Å². The van der Waals surface area contributed by atoms with E-state index in [1.165, 1.54) is 50.9 Å². The molecule has 2 atom stereocenters. The highest BCUT2D eigenvalue weighted by Gasteiger charge is 2.23. The normalized spacial score (nSPS) is 21.2. The van der Waals surface area contributed by atoms with Crippen LogP contribution in [0.15, 0.2) is 30.3 Å². The molecule has 1 heterocycles. The number of benzene rings is 1. The predicted octanol–water partition coefficient (Wildman–Crippen LogP) is 3.64. The van der Waals surface area contributed by atoms with Gasteiger partial charge < -0.3 is 10.2 Å². The van der Waals surface area contributed by atoms with E-state index in [-0.39, 0.29) is 0 Å². The molecule has 1 fully saturated rings. The topological polar surface area (TPSA) is 15.3 Å². The van der Waals surface area contributed by atoms with Gasteiger partial charge in [-0.3, -0.25) is 0 Å². The summed E-state index contributed by atoms with van der Waals surface area (Å²) >= 11 is 0. The molecule has 2 heteroatoms. The van der Waals surface area contributed by atoms with Crippen LogP contribution in [0.3, 0.4) is 0 Å². The first-order valence-electron chi connectivity index (χ1n) is 8.34. The fourth-order valence-electron chi connectivity index (χ4n) is 3.33. The molecule has 0 saturated carbocycles. The maximum absolute atomic E-state index is 3.57. The lowest BCUT2D eigenvalue weighted by Gasteiger charge is -2.19. The second-order valence-electron chi connectivity index (χ2n) is 6.00. The summed E-state index contributed by atoms with van der Waals surface area (Å²) in [7, 11) is 0. The number of hydrogen-bond donors (Lipinski definition) is 1. The smallest absolute Gasteiger partial charge is 0.00647 e. The zero-order valence-corrected chi connectivity index (χ0v) is 13.1. The number of nitrogens with zero attached hydrogens (tertiary/aromatic N) is 1. The van der Waals surface area contributed by atoms with Crippen molar-refractivity contribution in [1.29, 1.82) is 0 Å². The second kappa shape index (κ2) is 8.43. The van der Waals surface area contributed by atoms with Crippen LogP contribution in [0.1, 0.15) is 51.0 Å². The standard InChI is InChI=1S/C18H30N2/c1-3-18(19-4-2)11-8-13-20-14-12-17(15-20)16-9-6-5-7-10-16/h5-7,9-10,17-19H,3-4,8,11-15H2,1-2H3. The van der Waals surface area contributed by atoms with Crippen molar-refractivity contribution in [3.8, 4) is 0 Å². The Hall–Kier alpha value is -0.860. The molecule has 2 nitrogen and oxygen atoms in total. The number of likely N-dealkylation sites (tertiary alicyclic amines) is 1. The molecule has 20 heavy (non-hydrogen) atoms. The minimum atomic E-state index is 0.715. The SMILES string of the molecule is CCNC(CC)CCCN1CCC(c2ccccc2)C1. The summed E-state index contributed by atoms with van der Waals surface area (Å²) in [6, 6.07) is 11.7. The van der Waals surface area contributed by atoms with Gasteiger partial charge >= 0.3 is 0 Å². The number of rotatable bonds is 8. The van der Waals surface area contributed by atoms with Crippen LogP contribution >= 0.6 is 0 Å². The molecule has 0 bridgehead atoms. The molecule has 1 saturated heterocycles. The fraction of sp³-hybridized carbons (Fsp3) is 0.667. The Balaban J connectivity index is 1.69. The minimum absolute atomic E-state index is 0.715. The molecule has 2 rings (SSSR count). The highest BCUT2D eigenvalue weighted by molar-refractivity contribution is 5.20. The van der Waals surface area contributed by atoms with Crippen molar-refractivity contribution in [2.24, 2.45) is 0 Å². The summed E-state index contributed by atoms with van der Waals surface area (Å²) in [5, 5.41) is 3.57. The molecule has 1 aliphatic rings. The molecular weight excluding hydrogens is 244 g/mol. The molecule has 0 amide bonds. The first-order chi connectivity index (χ1) is 9.83. The molecule has 0 radical (unpaired) electrons. The van der Waals surface area contributed by atoms with E-state index in [0.29, 0.717) is 6.04 Å². The van der Waals surface area contributed by atoms with Gasteiger partial charge in [0.1, 0.15) is 0 Å². The molecule has 0 aliphatic carbocycles. The monoisotopic (exact) mass is 274 g/mol. The molecular formula is C18H30N2. The van der Waals surface area contributed by atoms with Crippen molar-refractivity contribution in [3.05, 3.63) is 35.9 Å². The van der Waals surface area contributed by atoms with Gasteiger partial charge in [-0.2, -0.15) is 0 Å². The zero-order valence-electron chi connectivity index (χ0n) is 13.1. The van der Waals surface area contributed by atoms with E-state index >= 15 is 0 Å². The van der Waals surface area contributed by atoms with Gasteiger partial charge in [-0.25, -0.2) is 0 Å². The van der Waals surface area contributed by atoms with Gasteiger partial charge in [-0.05, 0) is 56.8 Å². The van der Waals surface area contributed by atoms with Crippen molar-refractivity contribution >= 4 is 0 Å². The van der Waals surface area contributed by atoms with Crippen LogP contribution in [0.2, 0.25) is 0 Å². The van der Waals surface area contributed by atoms with E-state index in [9.17, 15) is 0 Å². The lowest BCUT2D eigenvalue weighted by Crippen LogP contribution is -2.30. The van der Waals surface area contributed by atoms with Gasteiger partial charge in [0.2, 0.25) is 0 Å². The molecule has 1 aromatic rings. The summed E-state index contributed by atoms with van der Waals surface area (Å²) in [5.74, 6) is 0.756. The summed E-state index contributed by atoms with van der Waals surface area (Å²) in [6.07, 6.45) is 5.22. The second-order valence-corrected chi connectivity index (χ2v) is 6.00. The summed E-state index contributed by atoms with van der Waals surface area (Å²) < 4.78 is 0. The number of hydrogen-bond acceptors (Lipinski definition) is 2. The van der Waals surface area contributed by atoms with Gasteiger partial charge in [0, 0.05) is 12.6 Å². The van der Waals surface area contributed by atoms with Gasteiger partial charge in [0.05, 0.1) is 0 Å². The van der Waals surface area contributed by atoms with E-state index in [2.05, 4.69) is 54.4 Å². The molecule has 112 valence electrons.